The number of aromatic hydroxyl groups is 1. The Balaban J connectivity index is 1.65. The number of aromatic amines is 1. The molecule has 3 N–H and O–H groups in total. The summed E-state index contributed by atoms with van der Waals surface area (Å²) in [4.78, 5) is 30.9. The highest BCUT2D eigenvalue weighted by Gasteiger charge is 2.55. The Kier molecular flexibility index (Phi) is 4.02. The van der Waals surface area contributed by atoms with Crippen molar-refractivity contribution in [3.63, 3.8) is 0 Å². The molecule has 3 heterocycles. The molecule has 0 aliphatic carbocycles. The highest BCUT2D eigenvalue weighted by Crippen LogP contribution is 2.44. The van der Waals surface area contributed by atoms with Gasteiger partial charge in [0.2, 0.25) is 0 Å². The van der Waals surface area contributed by atoms with Crippen LogP contribution in [0.25, 0.3) is 0 Å². The number of phenolic OH excluding ortho intramolecular Hbond substituents is 1. The number of benzene rings is 2. The highest BCUT2D eigenvalue weighted by molar-refractivity contribution is 6.15. The predicted octanol–water partition coefficient (Wildman–Crippen LogP) is 2.66. The Labute approximate surface area is 171 Å². The van der Waals surface area contributed by atoms with Crippen LogP contribution < -0.4 is 10.1 Å². The summed E-state index contributed by atoms with van der Waals surface area (Å²) >= 11 is 0. The monoisotopic (exact) mass is 402 g/mol. The maximum absolute atomic E-state index is 13.1. The van der Waals surface area contributed by atoms with Crippen LogP contribution in [-0.4, -0.2) is 45.3 Å². The first-order valence-corrected chi connectivity index (χ1v) is 9.29. The van der Waals surface area contributed by atoms with Crippen LogP contribution in [0.15, 0.2) is 64.8 Å². The Morgan fingerprint density at radius 2 is 1.97 bits per heavy atom. The molecule has 30 heavy (non-hydrogen) atoms. The lowest BCUT2D eigenvalue weighted by Crippen LogP contribution is -2.45. The van der Waals surface area contributed by atoms with Gasteiger partial charge in [-0.2, -0.15) is 0 Å². The number of aliphatic imine (C=N–C) groups is 2. The van der Waals surface area contributed by atoms with Gasteiger partial charge in [0.15, 0.2) is 17.2 Å². The van der Waals surface area contributed by atoms with Crippen LogP contribution in [0.5, 0.6) is 11.5 Å². The number of phenols is 1. The molecule has 150 valence electrons. The van der Waals surface area contributed by atoms with E-state index in [4.69, 9.17) is 4.74 Å². The number of nitrogens with one attached hydrogen (secondary N) is 2. The number of H-pyrrole nitrogens is 1. The molecule has 0 spiro atoms. The average Bonchev–Trinajstić information content (AvgIpc) is 3.29. The zero-order valence-corrected chi connectivity index (χ0v) is 16.0. The fourth-order valence-corrected chi connectivity index (χ4v) is 3.88. The topological polar surface area (TPSA) is 115 Å². The van der Waals surface area contributed by atoms with Crippen molar-refractivity contribution < 1.29 is 14.6 Å². The van der Waals surface area contributed by atoms with Crippen LogP contribution >= 0.6 is 0 Å². The van der Waals surface area contributed by atoms with Crippen molar-refractivity contribution in [2.75, 3.05) is 7.11 Å². The van der Waals surface area contributed by atoms with Gasteiger partial charge in [-0.05, 0) is 23.8 Å². The van der Waals surface area contributed by atoms with Crippen molar-refractivity contribution >= 4 is 24.0 Å². The van der Waals surface area contributed by atoms with E-state index in [2.05, 4.69) is 25.3 Å². The van der Waals surface area contributed by atoms with E-state index in [1.807, 2.05) is 24.3 Å². The molecule has 0 bridgehead atoms. The predicted molar refractivity (Wildman–Crippen MR) is 110 cm³/mol. The number of rotatable bonds is 4. The summed E-state index contributed by atoms with van der Waals surface area (Å²) in [7, 11) is 1.60. The summed E-state index contributed by atoms with van der Waals surface area (Å²) in [6.45, 7) is 0.275. The first-order valence-electron chi connectivity index (χ1n) is 9.29. The van der Waals surface area contributed by atoms with E-state index in [1.54, 1.807) is 31.4 Å². The van der Waals surface area contributed by atoms with E-state index in [1.165, 1.54) is 17.6 Å². The van der Waals surface area contributed by atoms with Crippen LogP contribution in [0.3, 0.4) is 0 Å². The number of ether oxygens (including phenoxy) is 1. The minimum absolute atomic E-state index is 0.0210. The zero-order chi connectivity index (χ0) is 20.7. The number of fused-ring (bicyclic) bond motifs is 3. The fourth-order valence-electron chi connectivity index (χ4n) is 3.88. The minimum atomic E-state index is -1.28. The second-order valence-electron chi connectivity index (χ2n) is 6.93. The Hall–Kier alpha value is -4.14. The lowest BCUT2D eigenvalue weighted by Gasteiger charge is -2.29. The van der Waals surface area contributed by atoms with Gasteiger partial charge in [0, 0.05) is 5.56 Å². The number of carbonyl (C=O) groups is 1. The van der Waals surface area contributed by atoms with Crippen LogP contribution in [0.2, 0.25) is 0 Å². The van der Waals surface area contributed by atoms with Gasteiger partial charge in [0.25, 0.3) is 0 Å². The maximum atomic E-state index is 13.1. The fraction of sp³-hybridized carbons (Fsp3) is 0.143. The normalized spacial score (nSPS) is 19.6. The van der Waals surface area contributed by atoms with Crippen LogP contribution in [-0.2, 0) is 12.1 Å². The van der Waals surface area contributed by atoms with Gasteiger partial charge in [-0.15, -0.1) is 0 Å². The number of amidine groups is 1. The molecule has 1 saturated heterocycles. The van der Waals surface area contributed by atoms with Crippen molar-refractivity contribution in [2.24, 2.45) is 9.98 Å². The number of amides is 2. The number of hydrogen-bond donors (Lipinski definition) is 3. The lowest BCUT2D eigenvalue weighted by atomic mass is 9.85. The van der Waals surface area contributed by atoms with Gasteiger partial charge in [0.05, 0.1) is 20.0 Å². The van der Waals surface area contributed by atoms with E-state index in [0.717, 1.165) is 11.3 Å². The summed E-state index contributed by atoms with van der Waals surface area (Å²) in [5.74, 6) is 1.60. The summed E-state index contributed by atoms with van der Waals surface area (Å²) in [6.07, 6.45) is 2.89. The minimum Gasteiger partial charge on any atom is -0.508 e. The molecule has 0 radical (unpaired) electrons. The summed E-state index contributed by atoms with van der Waals surface area (Å²) in [5.41, 5.74) is 0.543. The number of nitrogens with zero attached hydrogens (tertiary/aromatic N) is 4. The van der Waals surface area contributed by atoms with Gasteiger partial charge in [-0.1, -0.05) is 30.3 Å². The number of aromatic nitrogens is 2. The second-order valence-corrected chi connectivity index (χ2v) is 6.93. The van der Waals surface area contributed by atoms with Crippen molar-refractivity contribution in [1.29, 1.82) is 0 Å². The Morgan fingerprint density at radius 3 is 2.73 bits per heavy atom. The molecule has 5 rings (SSSR count). The third-order valence-corrected chi connectivity index (χ3v) is 5.28. The summed E-state index contributed by atoms with van der Waals surface area (Å²) < 4.78 is 5.21. The van der Waals surface area contributed by atoms with E-state index in [0.29, 0.717) is 22.9 Å². The average molecular weight is 402 g/mol. The number of carbonyl (C=O) groups excluding carboxylic acids is 1. The number of urea groups is 1. The molecule has 1 unspecified atom stereocenters. The first-order chi connectivity index (χ1) is 14.6. The van der Waals surface area contributed by atoms with Gasteiger partial charge in [-0.25, -0.2) is 19.8 Å². The van der Waals surface area contributed by atoms with Crippen LogP contribution in [0.1, 0.15) is 16.8 Å². The van der Waals surface area contributed by atoms with Crippen molar-refractivity contribution in [1.82, 2.24) is 20.2 Å². The van der Waals surface area contributed by atoms with Crippen LogP contribution in [0, 0.1) is 0 Å². The van der Waals surface area contributed by atoms with Gasteiger partial charge in [-0.3, -0.25) is 4.90 Å². The molecule has 1 fully saturated rings. The number of imidazole rings is 1. The molecule has 3 aromatic rings. The van der Waals surface area contributed by atoms with E-state index in [-0.39, 0.29) is 18.3 Å². The molecule has 2 aliphatic heterocycles. The molecule has 2 amide bonds. The summed E-state index contributed by atoms with van der Waals surface area (Å²) in [6, 6.07) is 13.9. The van der Waals surface area contributed by atoms with Crippen molar-refractivity contribution in [3.05, 3.63) is 71.7 Å². The SMILES string of the molecule is COc1ccc(CN2C(=O)NC3(c4ccccc4O)C2=NC=Nc2[nH]cnc23)cc1. The molecule has 9 heteroatoms. The second kappa shape index (κ2) is 6.73. The molecule has 2 aliphatic rings. The number of para-hydroxylation sites is 1. The molecular formula is C21H18N6O3. The van der Waals surface area contributed by atoms with E-state index < -0.39 is 5.54 Å². The molecular weight excluding hydrogens is 384 g/mol. The van der Waals surface area contributed by atoms with Gasteiger partial charge in [0.1, 0.15) is 23.5 Å². The standard InChI is InChI=1S/C21H18N6O3/c1-30-14-8-6-13(7-9-14)10-27-19-21(26-20(27)29,15-4-2-3-5-16(15)28)17-18(23-11-22-17)24-12-25-19/h2-9,11-12,28H,10H2,1H3,(H,22,23)(H,26,29). The van der Waals surface area contributed by atoms with Gasteiger partial charge < -0.3 is 20.1 Å². The van der Waals surface area contributed by atoms with Gasteiger partial charge >= 0.3 is 6.03 Å². The first kappa shape index (κ1) is 17.9. The molecule has 0 saturated carbocycles. The highest BCUT2D eigenvalue weighted by atomic mass is 16.5. The molecule has 1 aromatic heterocycles. The lowest BCUT2D eigenvalue weighted by molar-refractivity contribution is 0.225. The zero-order valence-electron chi connectivity index (χ0n) is 16.0. The third-order valence-electron chi connectivity index (χ3n) is 5.28. The smallest absolute Gasteiger partial charge is 0.324 e. The Bertz CT molecular complexity index is 1180. The quantitative estimate of drug-likeness (QED) is 0.622. The summed E-state index contributed by atoms with van der Waals surface area (Å²) in [5, 5.41) is 13.7. The van der Waals surface area contributed by atoms with Crippen molar-refractivity contribution in [2.45, 2.75) is 12.1 Å². The maximum Gasteiger partial charge on any atom is 0.324 e. The largest absolute Gasteiger partial charge is 0.508 e. The number of methoxy groups -OCH3 is 1. The van der Waals surface area contributed by atoms with E-state index >= 15 is 0 Å². The number of hydrogen-bond acceptors (Lipinski definition) is 6. The van der Waals surface area contributed by atoms with Crippen molar-refractivity contribution in [3.8, 4) is 11.5 Å². The molecule has 2 aromatic carbocycles. The third kappa shape index (κ3) is 2.55. The van der Waals surface area contributed by atoms with E-state index in [9.17, 15) is 9.90 Å². The Morgan fingerprint density at radius 1 is 1.17 bits per heavy atom. The molecule has 9 nitrogen and oxygen atoms in total. The van der Waals surface area contributed by atoms with Crippen LogP contribution in [0.4, 0.5) is 10.6 Å². The molecule has 1 atom stereocenters.